The van der Waals surface area contributed by atoms with Crippen molar-refractivity contribution >= 4 is 41.0 Å². The summed E-state index contributed by atoms with van der Waals surface area (Å²) >= 11 is 0. The van der Waals surface area contributed by atoms with E-state index in [1.165, 1.54) is 5.52 Å². The molecule has 3 rings (SSSR count). The van der Waals surface area contributed by atoms with Gasteiger partial charge in [-0.25, -0.2) is 4.98 Å². The van der Waals surface area contributed by atoms with Crippen LogP contribution in [0.3, 0.4) is 0 Å². The van der Waals surface area contributed by atoms with Gasteiger partial charge in [0.2, 0.25) is 0 Å². The van der Waals surface area contributed by atoms with Gasteiger partial charge in [0, 0.05) is 33.3 Å². The predicted molar refractivity (Wildman–Crippen MR) is 124 cm³/mol. The molecule has 2 N–H and O–H groups in total. The number of imidazole rings is 1. The Kier molecular flexibility index (Phi) is 10.0. The molecule has 1 aliphatic heterocycles. The molecule has 0 aliphatic carbocycles. The highest BCUT2D eigenvalue weighted by atomic mass is 127. The van der Waals surface area contributed by atoms with Crippen molar-refractivity contribution in [3.63, 3.8) is 0 Å². The fraction of sp³-hybridized carbons (Fsp3) is 0.600. The Morgan fingerprint density at radius 3 is 2.93 bits per heavy atom. The van der Waals surface area contributed by atoms with E-state index in [-0.39, 0.29) is 30.1 Å². The third-order valence-corrected chi connectivity index (χ3v) is 4.79. The number of hydrogen-bond donors (Lipinski definition) is 2. The van der Waals surface area contributed by atoms with Gasteiger partial charge in [-0.2, -0.15) is 0 Å². The topological polar surface area (TPSA) is 72.7 Å². The van der Waals surface area contributed by atoms with Gasteiger partial charge in [-0.1, -0.05) is 12.1 Å². The Hall–Kier alpha value is -1.39. The molecule has 2 aromatic rings. The summed E-state index contributed by atoms with van der Waals surface area (Å²) in [7, 11) is 1.79. The van der Waals surface area contributed by atoms with Crippen LogP contribution in [-0.2, 0) is 16.0 Å². The fourth-order valence-electron chi connectivity index (χ4n) is 3.37. The smallest absolute Gasteiger partial charge is 0.191 e. The number of guanidine groups is 1. The van der Waals surface area contributed by atoms with Crippen LogP contribution >= 0.6 is 24.0 Å². The maximum atomic E-state index is 5.66. The molecule has 156 valence electrons. The number of aryl methyl sites for hydroxylation is 2. The molecule has 0 saturated carbocycles. The van der Waals surface area contributed by atoms with Crippen LogP contribution in [0.2, 0.25) is 0 Å². The number of rotatable bonds is 9. The number of nitrogens with zero attached hydrogens (tertiary/aromatic N) is 3. The van der Waals surface area contributed by atoms with Crippen LogP contribution < -0.4 is 10.6 Å². The van der Waals surface area contributed by atoms with Crippen LogP contribution in [0.4, 0.5) is 0 Å². The normalized spacial score (nSPS) is 16.9. The van der Waals surface area contributed by atoms with Gasteiger partial charge in [0.25, 0.3) is 0 Å². The predicted octanol–water partition coefficient (Wildman–Crippen LogP) is 2.71. The third kappa shape index (κ3) is 6.59. The van der Waals surface area contributed by atoms with Gasteiger partial charge in [-0.15, -0.1) is 24.0 Å². The summed E-state index contributed by atoms with van der Waals surface area (Å²) in [6.07, 6.45) is 3.54. The second kappa shape index (κ2) is 12.2. The molecule has 0 spiro atoms. The van der Waals surface area contributed by atoms with E-state index in [1.54, 1.807) is 7.05 Å². The average Bonchev–Trinajstić information content (AvgIpc) is 3.30. The van der Waals surface area contributed by atoms with Crippen LogP contribution in [0.25, 0.3) is 11.0 Å². The molecule has 1 unspecified atom stereocenters. The van der Waals surface area contributed by atoms with Crippen molar-refractivity contribution in [3.05, 3.63) is 30.1 Å². The molecule has 0 bridgehead atoms. The summed E-state index contributed by atoms with van der Waals surface area (Å²) in [5, 5.41) is 6.64. The molecule has 28 heavy (non-hydrogen) atoms. The first-order valence-electron chi connectivity index (χ1n) is 9.83. The first-order valence-corrected chi connectivity index (χ1v) is 9.83. The molecule has 1 aromatic heterocycles. The number of benzene rings is 1. The molecule has 8 heteroatoms. The van der Waals surface area contributed by atoms with E-state index in [1.807, 2.05) is 6.07 Å². The van der Waals surface area contributed by atoms with E-state index in [9.17, 15) is 0 Å². The van der Waals surface area contributed by atoms with Gasteiger partial charge < -0.3 is 24.7 Å². The number of fused-ring (bicyclic) bond motifs is 1. The van der Waals surface area contributed by atoms with E-state index in [2.05, 4.69) is 50.3 Å². The van der Waals surface area contributed by atoms with Crippen LogP contribution in [0.1, 0.15) is 25.1 Å². The van der Waals surface area contributed by atoms with Crippen LogP contribution in [0.15, 0.2) is 29.3 Å². The highest BCUT2D eigenvalue weighted by molar-refractivity contribution is 14.0. The van der Waals surface area contributed by atoms with Crippen molar-refractivity contribution < 1.29 is 9.47 Å². The first kappa shape index (κ1) is 22.9. The van der Waals surface area contributed by atoms with Crippen molar-refractivity contribution in [1.29, 1.82) is 0 Å². The van der Waals surface area contributed by atoms with Gasteiger partial charge in [0.05, 0.1) is 30.4 Å². The Morgan fingerprint density at radius 1 is 1.32 bits per heavy atom. The van der Waals surface area contributed by atoms with Gasteiger partial charge in [0.15, 0.2) is 5.96 Å². The zero-order valence-corrected chi connectivity index (χ0v) is 19.1. The molecule has 1 fully saturated rings. The van der Waals surface area contributed by atoms with E-state index in [4.69, 9.17) is 9.47 Å². The zero-order chi connectivity index (χ0) is 18.9. The lowest BCUT2D eigenvalue weighted by molar-refractivity contribution is 0.0191. The largest absolute Gasteiger partial charge is 0.377 e. The highest BCUT2D eigenvalue weighted by Gasteiger charge is 2.14. The number of para-hydroxylation sites is 2. The summed E-state index contributed by atoms with van der Waals surface area (Å²) < 4.78 is 13.5. The standard InChI is InChI=1S/C20H31N5O2.HI/c1-16-24-18-8-3-4-9-19(18)25(16)12-6-10-22-20(21-2)23-11-14-26-15-17-7-5-13-27-17;/h3-4,8-9,17H,5-7,10-15H2,1-2H3,(H2,21,22,23);1H. The van der Waals surface area contributed by atoms with E-state index < -0.39 is 0 Å². The molecule has 1 saturated heterocycles. The SMILES string of the molecule is CN=C(NCCCn1c(C)nc2ccccc21)NCCOCC1CCCO1.I. The minimum atomic E-state index is 0. The number of aromatic nitrogens is 2. The summed E-state index contributed by atoms with van der Waals surface area (Å²) in [5.41, 5.74) is 2.25. The van der Waals surface area contributed by atoms with Crippen LogP contribution in [-0.4, -0.2) is 61.6 Å². The minimum absolute atomic E-state index is 0. The van der Waals surface area contributed by atoms with Crippen molar-refractivity contribution in [2.45, 2.75) is 38.8 Å². The molecular formula is C20H32IN5O2. The number of halogens is 1. The van der Waals surface area contributed by atoms with Crippen molar-refractivity contribution in [2.24, 2.45) is 4.99 Å². The van der Waals surface area contributed by atoms with E-state index in [0.29, 0.717) is 13.2 Å². The zero-order valence-electron chi connectivity index (χ0n) is 16.8. The average molecular weight is 501 g/mol. The molecular weight excluding hydrogens is 469 g/mol. The number of hydrogen-bond acceptors (Lipinski definition) is 4. The summed E-state index contributed by atoms with van der Waals surface area (Å²) in [6, 6.07) is 8.27. The molecule has 1 atom stereocenters. The second-order valence-corrected chi connectivity index (χ2v) is 6.79. The lowest BCUT2D eigenvalue weighted by atomic mass is 10.2. The Morgan fingerprint density at radius 2 is 2.14 bits per heavy atom. The number of ether oxygens (including phenoxy) is 2. The van der Waals surface area contributed by atoms with Gasteiger partial charge in [0.1, 0.15) is 5.82 Å². The Balaban J connectivity index is 0.00000280. The minimum Gasteiger partial charge on any atom is -0.377 e. The van der Waals surface area contributed by atoms with E-state index in [0.717, 1.165) is 62.8 Å². The third-order valence-electron chi connectivity index (χ3n) is 4.79. The summed E-state index contributed by atoms with van der Waals surface area (Å²) in [4.78, 5) is 8.87. The van der Waals surface area contributed by atoms with E-state index >= 15 is 0 Å². The molecule has 1 aliphatic rings. The van der Waals surface area contributed by atoms with Gasteiger partial charge in [-0.3, -0.25) is 4.99 Å². The lowest BCUT2D eigenvalue weighted by Crippen LogP contribution is -2.39. The number of aliphatic imine (C=N–C) groups is 1. The molecule has 7 nitrogen and oxygen atoms in total. The van der Waals surface area contributed by atoms with Gasteiger partial charge >= 0.3 is 0 Å². The quantitative estimate of drug-likeness (QED) is 0.239. The molecule has 0 radical (unpaired) electrons. The van der Waals surface area contributed by atoms with Gasteiger partial charge in [-0.05, 0) is 38.3 Å². The lowest BCUT2D eigenvalue weighted by Gasteiger charge is -2.14. The van der Waals surface area contributed by atoms with Crippen molar-refractivity contribution in [1.82, 2.24) is 20.2 Å². The Bertz CT molecular complexity index is 743. The Labute approximate surface area is 184 Å². The monoisotopic (exact) mass is 501 g/mol. The van der Waals surface area contributed by atoms with Crippen molar-refractivity contribution in [2.75, 3.05) is 40.0 Å². The molecule has 0 amide bonds. The van der Waals surface area contributed by atoms with Crippen LogP contribution in [0, 0.1) is 6.92 Å². The number of nitrogens with one attached hydrogen (secondary N) is 2. The molecule has 2 heterocycles. The van der Waals surface area contributed by atoms with Crippen LogP contribution in [0.5, 0.6) is 0 Å². The summed E-state index contributed by atoms with van der Waals surface area (Å²) in [5.74, 6) is 1.87. The van der Waals surface area contributed by atoms with Crippen molar-refractivity contribution in [3.8, 4) is 0 Å². The summed E-state index contributed by atoms with van der Waals surface area (Å²) in [6.45, 7) is 6.79. The molecule has 1 aromatic carbocycles. The highest BCUT2D eigenvalue weighted by Crippen LogP contribution is 2.15. The first-order chi connectivity index (χ1) is 13.3. The fourth-order valence-corrected chi connectivity index (χ4v) is 3.37. The maximum Gasteiger partial charge on any atom is 0.191 e. The maximum absolute atomic E-state index is 5.66. The second-order valence-electron chi connectivity index (χ2n) is 6.79.